The molecule has 18 heavy (non-hydrogen) atoms. The molecule has 0 amide bonds. The van der Waals surface area contributed by atoms with E-state index >= 15 is 0 Å². The average molecular weight is 243 g/mol. The lowest BCUT2D eigenvalue weighted by atomic mass is 9.98. The summed E-state index contributed by atoms with van der Waals surface area (Å²) in [7, 11) is 1.25. The quantitative estimate of drug-likeness (QED) is 0.661. The van der Waals surface area contributed by atoms with Crippen LogP contribution in [0.1, 0.15) is 39.9 Å². The molecule has 2 aromatic rings. The second-order valence-electron chi connectivity index (χ2n) is 3.47. The number of rotatable bonds is 2. The molecule has 0 aromatic heterocycles. The van der Waals surface area contributed by atoms with Crippen molar-refractivity contribution in [3.05, 3.63) is 60.2 Å². The molecule has 0 spiro atoms. The van der Waals surface area contributed by atoms with E-state index in [9.17, 15) is 4.79 Å². The molecule has 0 aliphatic carbocycles. The predicted octanol–water partition coefficient (Wildman–Crippen LogP) is 5.22. The SMILES string of the molecule is CC.CC(=O)c1ccccc1-c1ccccc1.[2H]C. The first kappa shape index (κ1) is 14.2. The van der Waals surface area contributed by atoms with Gasteiger partial charge in [-0.25, -0.2) is 0 Å². The van der Waals surface area contributed by atoms with Crippen molar-refractivity contribution in [2.24, 2.45) is 0 Å². The summed E-state index contributed by atoms with van der Waals surface area (Å²) in [5.41, 5.74) is 2.87. The zero-order valence-corrected chi connectivity index (χ0v) is 11.6. The monoisotopic (exact) mass is 243 g/mol. The summed E-state index contributed by atoms with van der Waals surface area (Å²) in [5.74, 6) is 0.106. The van der Waals surface area contributed by atoms with Crippen LogP contribution in [-0.4, -0.2) is 5.78 Å². The molecule has 2 rings (SSSR count). The minimum atomic E-state index is 0.106. The van der Waals surface area contributed by atoms with Crippen LogP contribution in [0.15, 0.2) is 54.6 Å². The first-order valence-corrected chi connectivity index (χ1v) is 5.94. The smallest absolute Gasteiger partial charge is 0.160 e. The Bertz CT molecular complexity index is 478. The van der Waals surface area contributed by atoms with E-state index in [4.69, 9.17) is 1.37 Å². The molecule has 96 valence electrons. The van der Waals surface area contributed by atoms with E-state index in [2.05, 4.69) is 0 Å². The molecule has 2 aromatic carbocycles. The molecule has 0 heterocycles. The number of benzene rings is 2. The van der Waals surface area contributed by atoms with Gasteiger partial charge in [0.1, 0.15) is 0 Å². The van der Waals surface area contributed by atoms with Crippen LogP contribution in [0.25, 0.3) is 11.1 Å². The molecule has 0 N–H and O–H groups in total. The summed E-state index contributed by atoms with van der Waals surface area (Å²) in [5, 5.41) is 0. The van der Waals surface area contributed by atoms with Crippen molar-refractivity contribution in [2.75, 3.05) is 0 Å². The third-order valence-electron chi connectivity index (χ3n) is 2.39. The molecule has 0 unspecified atom stereocenters. The van der Waals surface area contributed by atoms with Crippen molar-refractivity contribution in [1.82, 2.24) is 0 Å². The number of ketones is 1. The Morgan fingerprint density at radius 2 is 1.44 bits per heavy atom. The summed E-state index contributed by atoms with van der Waals surface area (Å²) in [6, 6.07) is 17.6. The van der Waals surface area contributed by atoms with Gasteiger partial charge < -0.3 is 0 Å². The van der Waals surface area contributed by atoms with Crippen molar-refractivity contribution in [3.63, 3.8) is 0 Å². The van der Waals surface area contributed by atoms with Crippen LogP contribution >= 0.6 is 0 Å². The van der Waals surface area contributed by atoms with Gasteiger partial charge in [-0.05, 0) is 18.1 Å². The van der Waals surface area contributed by atoms with Crippen LogP contribution in [0.3, 0.4) is 0 Å². The molecule has 1 heteroatoms. The highest BCUT2D eigenvalue weighted by Gasteiger charge is 2.06. The summed E-state index contributed by atoms with van der Waals surface area (Å²) in [6.07, 6.45) is 0. The topological polar surface area (TPSA) is 17.1 Å². The van der Waals surface area contributed by atoms with Crippen molar-refractivity contribution in [1.29, 1.82) is 0 Å². The van der Waals surface area contributed by atoms with Gasteiger partial charge in [0.2, 0.25) is 0 Å². The van der Waals surface area contributed by atoms with E-state index in [1.54, 1.807) is 6.92 Å². The van der Waals surface area contributed by atoms with E-state index in [1.807, 2.05) is 68.4 Å². The minimum absolute atomic E-state index is 0.106. The summed E-state index contributed by atoms with van der Waals surface area (Å²) < 4.78 is 5.75. The molecular weight excluding hydrogens is 220 g/mol. The van der Waals surface area contributed by atoms with Crippen molar-refractivity contribution < 1.29 is 6.17 Å². The Balaban J connectivity index is 0.000000741. The third-order valence-corrected chi connectivity index (χ3v) is 2.39. The highest BCUT2D eigenvalue weighted by molar-refractivity contribution is 6.00. The van der Waals surface area contributed by atoms with E-state index in [0.717, 1.165) is 16.7 Å². The lowest BCUT2D eigenvalue weighted by Gasteiger charge is -2.06. The molecule has 0 bridgehead atoms. The Kier molecular flexibility index (Phi) is 6.49. The standard InChI is InChI=1S/C14H12O.C2H6.CH4/c1-11(15)13-9-5-6-10-14(13)12-7-3-2-4-8-12;1-2;/h2-10H,1H3;1-2H3;1H4/i;;1D. The number of carbonyl (C=O) groups excluding carboxylic acids is 1. The Labute approximate surface area is 112 Å². The molecule has 0 saturated heterocycles. The summed E-state index contributed by atoms with van der Waals surface area (Å²) >= 11 is 0. The average Bonchev–Trinajstić information content (AvgIpc) is 2.52. The van der Waals surface area contributed by atoms with Crippen LogP contribution in [-0.2, 0) is 0 Å². The zero-order valence-electron chi connectivity index (χ0n) is 12.6. The van der Waals surface area contributed by atoms with Crippen LogP contribution in [0.4, 0.5) is 0 Å². The number of hydrogen-bond acceptors (Lipinski definition) is 1. The molecule has 0 radical (unpaired) electrons. The molecule has 0 aliphatic rings. The molecular formula is C17H22O. The van der Waals surface area contributed by atoms with Crippen LogP contribution < -0.4 is 0 Å². The van der Waals surface area contributed by atoms with Gasteiger partial charge in [-0.1, -0.05) is 75.8 Å². The lowest BCUT2D eigenvalue weighted by molar-refractivity contribution is 0.101. The highest BCUT2D eigenvalue weighted by atomic mass is 16.1. The fraction of sp³-hybridized carbons (Fsp3) is 0.235. The first-order chi connectivity index (χ1) is 9.29. The van der Waals surface area contributed by atoms with Crippen molar-refractivity contribution in [2.45, 2.75) is 28.2 Å². The first-order valence-electron chi connectivity index (χ1n) is 6.94. The molecule has 0 saturated carbocycles. The lowest BCUT2D eigenvalue weighted by Crippen LogP contribution is -1.95. The van der Waals surface area contributed by atoms with Gasteiger partial charge in [-0.2, -0.15) is 0 Å². The number of Topliss-reactive ketones (excluding diaryl/α,β-unsaturated/α-hetero) is 1. The Hall–Kier alpha value is -1.89. The second-order valence-corrected chi connectivity index (χ2v) is 3.47. The fourth-order valence-electron chi connectivity index (χ4n) is 1.66. The summed E-state index contributed by atoms with van der Waals surface area (Å²) in [6.45, 7) is 5.60. The maximum absolute atomic E-state index is 11.4. The number of carbonyl (C=O) groups is 1. The third kappa shape index (κ3) is 3.85. The van der Waals surface area contributed by atoms with E-state index in [-0.39, 0.29) is 5.78 Å². The maximum Gasteiger partial charge on any atom is 0.160 e. The van der Waals surface area contributed by atoms with Gasteiger partial charge in [0.25, 0.3) is 0 Å². The molecule has 1 nitrogen and oxygen atoms in total. The van der Waals surface area contributed by atoms with Gasteiger partial charge in [-0.15, -0.1) is 0 Å². The maximum atomic E-state index is 11.4. The van der Waals surface area contributed by atoms with Gasteiger partial charge >= 0.3 is 0 Å². The largest absolute Gasteiger partial charge is 0.294 e. The molecule has 0 atom stereocenters. The van der Waals surface area contributed by atoms with Gasteiger partial charge in [-0.3, -0.25) is 4.79 Å². The molecule has 0 aliphatic heterocycles. The van der Waals surface area contributed by atoms with Crippen LogP contribution in [0.5, 0.6) is 0 Å². The number of hydrogen-bond donors (Lipinski definition) is 0. The predicted molar refractivity (Wildman–Crippen MR) is 80.0 cm³/mol. The van der Waals surface area contributed by atoms with Gasteiger partial charge in [0, 0.05) is 6.93 Å². The van der Waals surface area contributed by atoms with Crippen LogP contribution in [0, 0.1) is 0 Å². The Morgan fingerprint density at radius 1 is 0.944 bits per heavy atom. The normalized spacial score (nSPS) is 9.00. The zero-order chi connectivity index (χ0) is 14.7. The van der Waals surface area contributed by atoms with Gasteiger partial charge in [0.15, 0.2) is 5.78 Å². The highest BCUT2D eigenvalue weighted by Crippen LogP contribution is 2.23. The van der Waals surface area contributed by atoms with Crippen LogP contribution in [0.2, 0.25) is 0 Å². The Morgan fingerprint density at radius 3 is 2.00 bits per heavy atom. The van der Waals surface area contributed by atoms with E-state index in [1.165, 1.54) is 7.40 Å². The van der Waals surface area contributed by atoms with Gasteiger partial charge in [0.05, 0.1) is 0 Å². The van der Waals surface area contributed by atoms with Crippen molar-refractivity contribution in [3.8, 4) is 11.1 Å². The fourth-order valence-corrected chi connectivity index (χ4v) is 1.66. The minimum Gasteiger partial charge on any atom is -0.294 e. The van der Waals surface area contributed by atoms with E-state index < -0.39 is 0 Å². The second kappa shape index (κ2) is 8.24. The summed E-state index contributed by atoms with van der Waals surface area (Å²) in [4.78, 5) is 11.4. The van der Waals surface area contributed by atoms with E-state index in [0.29, 0.717) is 0 Å². The molecule has 0 fully saturated rings. The van der Waals surface area contributed by atoms with Crippen molar-refractivity contribution >= 4 is 5.78 Å².